The van der Waals surface area contributed by atoms with Crippen LogP contribution < -0.4 is 14.8 Å². The van der Waals surface area contributed by atoms with E-state index in [2.05, 4.69) is 9.73 Å². The first-order valence-electron chi connectivity index (χ1n) is 8.37. The number of aromatic nitrogens is 1. The number of rotatable bonds is 7. The lowest BCUT2D eigenvalue weighted by Crippen LogP contribution is -2.16. The second-order valence-corrected chi connectivity index (χ2v) is 5.58. The van der Waals surface area contributed by atoms with Gasteiger partial charge in [0.25, 0.3) is 5.91 Å². The minimum absolute atomic E-state index is 0.0892. The summed E-state index contributed by atoms with van der Waals surface area (Å²) in [6.07, 6.45) is 0.817. The van der Waals surface area contributed by atoms with E-state index in [1.807, 2.05) is 0 Å². The predicted octanol–water partition coefficient (Wildman–Crippen LogP) is 4.30. The third-order valence-corrected chi connectivity index (χ3v) is 3.41. The summed E-state index contributed by atoms with van der Waals surface area (Å²) < 4.78 is 72.1. The third kappa shape index (κ3) is 7.40. The summed E-state index contributed by atoms with van der Waals surface area (Å²) in [6, 6.07) is 6.76. The lowest BCUT2D eigenvalue weighted by molar-refractivity contribution is -0.118. The second-order valence-electron chi connectivity index (χ2n) is 5.58. The Morgan fingerprint density at radius 3 is 2.45 bits per heavy atom. The molecule has 1 aromatic carbocycles. The fourth-order valence-electron chi connectivity index (χ4n) is 2.20. The largest absolute Gasteiger partial charge is 0.490 e. The highest BCUT2D eigenvalue weighted by Gasteiger charge is 2.25. The maximum Gasteiger partial charge on any atom is 0.407 e. The normalized spacial score (nSPS) is 11.7. The van der Waals surface area contributed by atoms with Crippen molar-refractivity contribution in [3.8, 4) is 11.5 Å². The van der Waals surface area contributed by atoms with Crippen molar-refractivity contribution in [2.75, 3.05) is 13.2 Å². The van der Waals surface area contributed by atoms with E-state index in [1.165, 1.54) is 54.9 Å². The van der Waals surface area contributed by atoms with Crippen molar-refractivity contribution in [2.45, 2.75) is 19.7 Å². The number of hydrogen-bond acceptors (Lipinski definition) is 4. The zero-order valence-corrected chi connectivity index (χ0v) is 15.2. The zero-order chi connectivity index (χ0) is 21.4. The van der Waals surface area contributed by atoms with Gasteiger partial charge in [-0.3, -0.25) is 14.4 Å². The van der Waals surface area contributed by atoms with Crippen LogP contribution in [0.1, 0.15) is 17.3 Å². The Kier molecular flexibility index (Phi) is 7.52. The number of pyridine rings is 1. The molecule has 10 heteroatoms. The SMILES string of the molecule is CCOc1cc(/C=C/C(=O)n2ccc(=NCC(F)(F)F)cc2)ccc1OC(F)F. The molecule has 0 spiro atoms. The summed E-state index contributed by atoms with van der Waals surface area (Å²) in [4.78, 5) is 15.6. The van der Waals surface area contributed by atoms with Gasteiger partial charge in [0.15, 0.2) is 11.5 Å². The van der Waals surface area contributed by atoms with Crippen LogP contribution in [0.15, 0.2) is 53.8 Å². The molecule has 1 aromatic heterocycles. The van der Waals surface area contributed by atoms with Gasteiger partial charge in [-0.05, 0) is 42.8 Å². The molecule has 0 atom stereocenters. The number of allylic oxidation sites excluding steroid dienone is 1. The molecule has 2 aromatic rings. The fraction of sp³-hybridized carbons (Fsp3) is 0.263. The van der Waals surface area contributed by atoms with Gasteiger partial charge in [0.2, 0.25) is 0 Å². The van der Waals surface area contributed by atoms with Gasteiger partial charge in [0, 0.05) is 18.5 Å². The molecule has 0 aliphatic carbocycles. The zero-order valence-electron chi connectivity index (χ0n) is 15.2. The van der Waals surface area contributed by atoms with Gasteiger partial charge in [0.1, 0.15) is 6.54 Å². The van der Waals surface area contributed by atoms with Gasteiger partial charge in [-0.25, -0.2) is 0 Å². The predicted molar refractivity (Wildman–Crippen MR) is 94.8 cm³/mol. The van der Waals surface area contributed by atoms with Crippen LogP contribution in [0.2, 0.25) is 0 Å². The van der Waals surface area contributed by atoms with E-state index < -0.39 is 25.2 Å². The molecule has 0 aliphatic heterocycles. The summed E-state index contributed by atoms with van der Waals surface area (Å²) in [5.41, 5.74) is 0.501. The molecule has 1 heterocycles. The van der Waals surface area contributed by atoms with E-state index in [4.69, 9.17) is 4.74 Å². The number of benzene rings is 1. The van der Waals surface area contributed by atoms with Crippen LogP contribution in [0.5, 0.6) is 11.5 Å². The average molecular weight is 416 g/mol. The van der Waals surface area contributed by atoms with E-state index in [9.17, 15) is 26.7 Å². The minimum Gasteiger partial charge on any atom is -0.490 e. The summed E-state index contributed by atoms with van der Waals surface area (Å²) >= 11 is 0. The van der Waals surface area contributed by atoms with Crippen molar-refractivity contribution in [1.82, 2.24) is 4.57 Å². The topological polar surface area (TPSA) is 52.8 Å². The Morgan fingerprint density at radius 1 is 1.17 bits per heavy atom. The molecule has 0 saturated heterocycles. The Balaban J connectivity index is 2.12. The molecule has 0 radical (unpaired) electrons. The van der Waals surface area contributed by atoms with Gasteiger partial charge in [0.05, 0.1) is 12.0 Å². The fourth-order valence-corrected chi connectivity index (χ4v) is 2.20. The summed E-state index contributed by atoms with van der Waals surface area (Å²) in [6.45, 7) is -2.40. The number of ether oxygens (including phenoxy) is 2. The highest BCUT2D eigenvalue weighted by molar-refractivity contribution is 5.93. The van der Waals surface area contributed by atoms with Gasteiger partial charge in [-0.2, -0.15) is 22.0 Å². The van der Waals surface area contributed by atoms with Gasteiger partial charge >= 0.3 is 12.8 Å². The third-order valence-electron chi connectivity index (χ3n) is 3.41. The maximum atomic E-state index is 12.4. The summed E-state index contributed by atoms with van der Waals surface area (Å²) in [5, 5.41) is 0.0892. The Hall–Kier alpha value is -3.17. The summed E-state index contributed by atoms with van der Waals surface area (Å²) in [5.74, 6) is -0.498. The molecule has 29 heavy (non-hydrogen) atoms. The quantitative estimate of drug-likeness (QED) is 0.500. The van der Waals surface area contributed by atoms with Gasteiger partial charge in [-0.1, -0.05) is 6.07 Å². The van der Waals surface area contributed by atoms with E-state index in [1.54, 1.807) is 6.92 Å². The number of carbonyl (C=O) groups is 1. The molecular weight excluding hydrogens is 399 g/mol. The number of hydrogen-bond donors (Lipinski definition) is 0. The van der Waals surface area contributed by atoms with Crippen molar-refractivity contribution in [1.29, 1.82) is 0 Å². The number of halogens is 5. The standard InChI is InChI=1S/C19H17F5N2O3/c1-2-28-16-11-13(3-5-15(16)29-18(20)21)4-6-17(27)26-9-7-14(8-10-26)25-12-19(22,23)24/h3-11,18H,2,12H2,1H3/b6-4+. The Bertz CT molecular complexity index is 916. The van der Waals surface area contributed by atoms with E-state index >= 15 is 0 Å². The molecule has 0 unspecified atom stereocenters. The number of carbonyl (C=O) groups excluding carboxylic acids is 1. The van der Waals surface area contributed by atoms with Crippen molar-refractivity contribution in [2.24, 2.45) is 4.99 Å². The van der Waals surface area contributed by atoms with E-state index in [0.29, 0.717) is 5.56 Å². The molecule has 156 valence electrons. The van der Waals surface area contributed by atoms with Crippen LogP contribution in [0.4, 0.5) is 22.0 Å². The van der Waals surface area contributed by atoms with Crippen molar-refractivity contribution in [3.05, 3.63) is 59.7 Å². The van der Waals surface area contributed by atoms with Crippen molar-refractivity contribution >= 4 is 12.0 Å². The van der Waals surface area contributed by atoms with Gasteiger partial charge in [-0.15, -0.1) is 0 Å². The van der Waals surface area contributed by atoms with Crippen LogP contribution in [0.3, 0.4) is 0 Å². The maximum absolute atomic E-state index is 12.4. The summed E-state index contributed by atoms with van der Waals surface area (Å²) in [7, 11) is 0. The first-order valence-corrected chi connectivity index (χ1v) is 8.37. The molecule has 0 bridgehead atoms. The highest BCUT2D eigenvalue weighted by Crippen LogP contribution is 2.30. The first-order chi connectivity index (χ1) is 13.7. The Morgan fingerprint density at radius 2 is 1.86 bits per heavy atom. The molecule has 2 rings (SSSR count). The van der Waals surface area contributed by atoms with Crippen LogP contribution in [-0.2, 0) is 0 Å². The van der Waals surface area contributed by atoms with E-state index in [0.717, 1.165) is 4.57 Å². The minimum atomic E-state index is -4.40. The first kappa shape index (κ1) is 22.1. The van der Waals surface area contributed by atoms with Crippen LogP contribution in [-0.4, -0.2) is 36.4 Å². The average Bonchev–Trinajstić information content (AvgIpc) is 2.66. The van der Waals surface area contributed by atoms with Crippen molar-refractivity contribution < 1.29 is 36.2 Å². The number of nitrogens with zero attached hydrogens (tertiary/aromatic N) is 2. The molecule has 0 amide bonds. The molecule has 0 fully saturated rings. The van der Waals surface area contributed by atoms with Crippen LogP contribution in [0.25, 0.3) is 6.08 Å². The van der Waals surface area contributed by atoms with Crippen LogP contribution in [0, 0.1) is 0 Å². The molecule has 5 nitrogen and oxygen atoms in total. The second kappa shape index (κ2) is 9.85. The molecule has 0 N–H and O–H groups in total. The Labute approximate surface area is 162 Å². The number of alkyl halides is 5. The highest BCUT2D eigenvalue weighted by atomic mass is 19.4. The van der Waals surface area contributed by atoms with Crippen molar-refractivity contribution in [3.63, 3.8) is 0 Å². The molecule has 0 aliphatic rings. The smallest absolute Gasteiger partial charge is 0.407 e. The monoisotopic (exact) mass is 416 g/mol. The van der Waals surface area contributed by atoms with Crippen LogP contribution >= 0.6 is 0 Å². The lowest BCUT2D eigenvalue weighted by Gasteiger charge is -2.11. The molecular formula is C19H17F5N2O3. The van der Waals surface area contributed by atoms with E-state index in [-0.39, 0.29) is 23.5 Å². The van der Waals surface area contributed by atoms with Gasteiger partial charge < -0.3 is 9.47 Å². The lowest BCUT2D eigenvalue weighted by atomic mass is 10.2. The molecule has 0 saturated carbocycles.